The van der Waals surface area contributed by atoms with Gasteiger partial charge < -0.3 is 9.47 Å². The molecule has 2 nitrogen and oxygen atoms in total. The summed E-state index contributed by atoms with van der Waals surface area (Å²) in [5, 5.41) is 0. The van der Waals surface area contributed by atoms with Crippen molar-refractivity contribution in [2.75, 3.05) is 6.61 Å². The predicted molar refractivity (Wildman–Crippen MR) is 99.3 cm³/mol. The molecule has 0 saturated heterocycles. The molecule has 2 aromatic rings. The van der Waals surface area contributed by atoms with Gasteiger partial charge in [0.05, 0.1) is 6.10 Å². The largest absolute Gasteiger partial charge is 0.431 e. The molecule has 0 bridgehead atoms. The van der Waals surface area contributed by atoms with Crippen molar-refractivity contribution in [3.8, 4) is 16.9 Å². The van der Waals surface area contributed by atoms with Crippen molar-refractivity contribution < 1.29 is 27.0 Å². The Hall–Kier alpha value is -2.34. The molecule has 0 N–H and O–H groups in total. The van der Waals surface area contributed by atoms with E-state index in [-0.39, 0.29) is 11.9 Å². The third-order valence-electron chi connectivity index (χ3n) is 4.91. The monoisotopic (exact) mass is 394 g/mol. The maximum absolute atomic E-state index is 14.1. The van der Waals surface area contributed by atoms with Crippen molar-refractivity contribution in [2.24, 2.45) is 5.92 Å². The first-order valence-electron chi connectivity index (χ1n) is 9.23. The molecule has 0 spiro atoms. The first-order valence-corrected chi connectivity index (χ1v) is 9.23. The van der Waals surface area contributed by atoms with Gasteiger partial charge in [-0.25, -0.2) is 8.78 Å². The minimum absolute atomic E-state index is 0.0321. The zero-order valence-electron chi connectivity index (χ0n) is 15.3. The number of halogens is 4. The van der Waals surface area contributed by atoms with Gasteiger partial charge in [0.2, 0.25) is 0 Å². The zero-order chi connectivity index (χ0) is 20.1. The van der Waals surface area contributed by atoms with E-state index in [2.05, 4.69) is 6.58 Å². The summed E-state index contributed by atoms with van der Waals surface area (Å²) >= 11 is 0. The lowest BCUT2D eigenvalue weighted by atomic mass is 9.87. The van der Waals surface area contributed by atoms with E-state index in [1.165, 1.54) is 30.3 Å². The summed E-state index contributed by atoms with van der Waals surface area (Å²) < 4.78 is 64.6. The second kappa shape index (κ2) is 8.78. The third kappa shape index (κ3) is 5.35. The summed E-state index contributed by atoms with van der Waals surface area (Å²) in [5.74, 6) is -1.51. The Kier molecular flexibility index (Phi) is 6.39. The summed E-state index contributed by atoms with van der Waals surface area (Å²) in [6.45, 7) is 2.94. The second-order valence-electron chi connectivity index (χ2n) is 6.98. The van der Waals surface area contributed by atoms with E-state index in [0.29, 0.717) is 17.0 Å². The van der Waals surface area contributed by atoms with E-state index in [1.807, 2.05) is 6.08 Å². The van der Waals surface area contributed by atoms with Crippen LogP contribution in [0.5, 0.6) is 5.75 Å². The highest BCUT2D eigenvalue weighted by atomic mass is 19.3. The van der Waals surface area contributed by atoms with E-state index in [0.717, 1.165) is 37.8 Å². The minimum Gasteiger partial charge on any atom is -0.431 e. The molecule has 0 unspecified atom stereocenters. The van der Waals surface area contributed by atoms with Gasteiger partial charge in [0.25, 0.3) is 0 Å². The predicted octanol–water partition coefficient (Wildman–Crippen LogP) is 6.36. The van der Waals surface area contributed by atoms with Gasteiger partial charge in [-0.15, -0.1) is 6.58 Å². The molecule has 0 heterocycles. The molecule has 1 aliphatic rings. The maximum Gasteiger partial charge on any atom is 0.421 e. The Morgan fingerprint density at radius 1 is 0.929 bits per heavy atom. The van der Waals surface area contributed by atoms with Crippen molar-refractivity contribution in [3.05, 3.63) is 66.8 Å². The summed E-state index contributed by atoms with van der Waals surface area (Å²) in [6.07, 6.45) is 1.50. The van der Waals surface area contributed by atoms with Crippen LogP contribution in [0.3, 0.4) is 0 Å². The number of ether oxygens (including phenoxy) is 2. The maximum atomic E-state index is 14.1. The number of allylic oxidation sites excluding steroid dienone is 1. The summed E-state index contributed by atoms with van der Waals surface area (Å²) in [4.78, 5) is 0. The molecule has 150 valence electrons. The molecular formula is C22H22F4O2. The highest BCUT2D eigenvalue weighted by Crippen LogP contribution is 2.30. The zero-order valence-corrected chi connectivity index (χ0v) is 15.3. The van der Waals surface area contributed by atoms with Crippen LogP contribution in [0.25, 0.3) is 11.1 Å². The fraction of sp³-hybridized carbons (Fsp3) is 0.364. The Balaban J connectivity index is 1.55. The standard InChI is InChI=1S/C22H22F4O2/c1-2-15-3-8-18(9-4-15)27-14-22(25,26)28-19-10-5-16(6-11-19)17-7-12-20(23)21(24)13-17/h2,5-7,10-13,15,18H,1,3-4,8-9,14H2. The van der Waals surface area contributed by atoms with Crippen LogP contribution in [0, 0.1) is 17.6 Å². The van der Waals surface area contributed by atoms with Crippen LogP contribution in [0.1, 0.15) is 25.7 Å². The molecule has 1 saturated carbocycles. The van der Waals surface area contributed by atoms with Gasteiger partial charge in [0.1, 0.15) is 5.75 Å². The third-order valence-corrected chi connectivity index (χ3v) is 4.91. The van der Waals surface area contributed by atoms with Crippen molar-refractivity contribution in [1.29, 1.82) is 0 Å². The highest BCUT2D eigenvalue weighted by Gasteiger charge is 2.34. The van der Waals surface area contributed by atoms with Gasteiger partial charge >= 0.3 is 6.11 Å². The molecule has 1 fully saturated rings. The number of benzene rings is 2. The first-order chi connectivity index (χ1) is 13.4. The molecule has 0 aliphatic heterocycles. The van der Waals surface area contributed by atoms with Gasteiger partial charge in [-0.05, 0) is 67.0 Å². The second-order valence-corrected chi connectivity index (χ2v) is 6.98. The fourth-order valence-electron chi connectivity index (χ4n) is 3.30. The van der Waals surface area contributed by atoms with E-state index < -0.39 is 24.3 Å². The fourth-order valence-corrected chi connectivity index (χ4v) is 3.30. The lowest BCUT2D eigenvalue weighted by Crippen LogP contribution is -2.34. The average molecular weight is 394 g/mol. The Morgan fingerprint density at radius 3 is 2.18 bits per heavy atom. The number of rotatable bonds is 7. The van der Waals surface area contributed by atoms with Crippen LogP contribution in [-0.2, 0) is 4.74 Å². The molecule has 0 radical (unpaired) electrons. The van der Waals surface area contributed by atoms with Gasteiger partial charge in [-0.3, -0.25) is 0 Å². The Labute approximate surface area is 161 Å². The molecule has 0 aromatic heterocycles. The van der Waals surface area contributed by atoms with Crippen molar-refractivity contribution in [2.45, 2.75) is 37.9 Å². The van der Waals surface area contributed by atoms with Crippen molar-refractivity contribution >= 4 is 0 Å². The van der Waals surface area contributed by atoms with Crippen LogP contribution in [0.15, 0.2) is 55.1 Å². The quantitative estimate of drug-likeness (QED) is 0.402. The molecule has 0 amide bonds. The molecule has 1 aliphatic carbocycles. The summed E-state index contributed by atoms with van der Waals surface area (Å²) in [6, 6.07) is 9.22. The number of hydrogen-bond donors (Lipinski definition) is 0. The van der Waals surface area contributed by atoms with Crippen molar-refractivity contribution in [1.82, 2.24) is 0 Å². The molecule has 3 rings (SSSR count). The normalized spacial score (nSPS) is 20.0. The minimum atomic E-state index is -3.46. The van der Waals surface area contributed by atoms with E-state index in [1.54, 1.807) is 0 Å². The Bertz CT molecular complexity index is 797. The van der Waals surface area contributed by atoms with Gasteiger partial charge in [-0.2, -0.15) is 8.78 Å². The van der Waals surface area contributed by atoms with Crippen molar-refractivity contribution in [3.63, 3.8) is 0 Å². The highest BCUT2D eigenvalue weighted by molar-refractivity contribution is 5.64. The smallest absolute Gasteiger partial charge is 0.421 e. The molecule has 28 heavy (non-hydrogen) atoms. The molecule has 6 heteroatoms. The topological polar surface area (TPSA) is 18.5 Å². The SMILES string of the molecule is C=CC1CCC(OCC(F)(F)Oc2ccc(-c3ccc(F)c(F)c3)cc2)CC1. The Morgan fingerprint density at radius 2 is 1.57 bits per heavy atom. The van der Waals surface area contributed by atoms with Gasteiger partial charge in [-0.1, -0.05) is 24.3 Å². The van der Waals surface area contributed by atoms with Crippen LogP contribution in [-0.4, -0.2) is 18.8 Å². The summed E-state index contributed by atoms with van der Waals surface area (Å²) in [5.41, 5.74) is 1.00. The van der Waals surface area contributed by atoms with Crippen LogP contribution < -0.4 is 4.74 Å². The van der Waals surface area contributed by atoms with Crippen LogP contribution >= 0.6 is 0 Å². The van der Waals surface area contributed by atoms with Gasteiger partial charge in [0.15, 0.2) is 18.2 Å². The number of alkyl halides is 2. The molecule has 2 aromatic carbocycles. The lowest BCUT2D eigenvalue weighted by Gasteiger charge is -2.28. The lowest BCUT2D eigenvalue weighted by molar-refractivity contribution is -0.222. The van der Waals surface area contributed by atoms with Crippen LogP contribution in [0.2, 0.25) is 0 Å². The summed E-state index contributed by atoms with van der Waals surface area (Å²) in [7, 11) is 0. The number of hydrogen-bond acceptors (Lipinski definition) is 2. The average Bonchev–Trinajstić information content (AvgIpc) is 2.69. The van der Waals surface area contributed by atoms with E-state index in [9.17, 15) is 17.6 Å². The van der Waals surface area contributed by atoms with E-state index >= 15 is 0 Å². The van der Waals surface area contributed by atoms with Crippen LogP contribution in [0.4, 0.5) is 17.6 Å². The van der Waals surface area contributed by atoms with E-state index in [4.69, 9.17) is 9.47 Å². The first kappa shape index (κ1) is 20.4. The van der Waals surface area contributed by atoms with Gasteiger partial charge in [0, 0.05) is 0 Å². The molecular weight excluding hydrogens is 372 g/mol. The molecule has 0 atom stereocenters.